The third-order valence-electron chi connectivity index (χ3n) is 9.68. The van der Waals surface area contributed by atoms with Crippen LogP contribution in [0.1, 0.15) is 31.9 Å². The molecule has 3 aromatic carbocycles. The highest BCUT2D eigenvalue weighted by atomic mass is 32.2. The van der Waals surface area contributed by atoms with Crippen molar-refractivity contribution >= 4 is 46.2 Å². The summed E-state index contributed by atoms with van der Waals surface area (Å²) in [7, 11) is 0. The summed E-state index contributed by atoms with van der Waals surface area (Å²) in [5.74, 6) is -1.60. The summed E-state index contributed by atoms with van der Waals surface area (Å²) in [6.45, 7) is 4.19. The zero-order chi connectivity index (χ0) is 32.0. The van der Waals surface area contributed by atoms with Crippen LogP contribution < -0.4 is 15.4 Å². The number of likely N-dealkylation sites (tertiary alicyclic amines) is 1. The highest BCUT2D eigenvalue weighted by Gasteiger charge is 2.76. The van der Waals surface area contributed by atoms with E-state index >= 15 is 0 Å². The first-order valence-corrected chi connectivity index (χ1v) is 16.5. The SMILES string of the molecule is CCOc1ccc(NC(=O)[C@@H]2[C@H]3C(=O)N([C@H](CO)c4ccccc4)C(C(=O)NCn4nnc5ccccc54)C34S[C@@H]2CC4C)cc1. The van der Waals surface area contributed by atoms with Crippen molar-refractivity contribution in [2.75, 3.05) is 18.5 Å². The van der Waals surface area contributed by atoms with Crippen molar-refractivity contribution in [1.29, 1.82) is 0 Å². The molecule has 46 heavy (non-hydrogen) atoms. The lowest BCUT2D eigenvalue weighted by Crippen LogP contribution is -2.57. The molecule has 3 amide bonds. The van der Waals surface area contributed by atoms with E-state index in [1.807, 2.05) is 61.5 Å². The number of anilines is 1. The Labute approximate surface area is 270 Å². The van der Waals surface area contributed by atoms with Crippen LogP contribution >= 0.6 is 11.8 Å². The summed E-state index contributed by atoms with van der Waals surface area (Å²) >= 11 is 1.59. The van der Waals surface area contributed by atoms with E-state index in [2.05, 4.69) is 27.9 Å². The molecule has 3 saturated heterocycles. The molecule has 7 rings (SSSR count). The molecule has 0 saturated carbocycles. The van der Waals surface area contributed by atoms with Crippen LogP contribution in [-0.4, -0.2) is 72.0 Å². The molecule has 4 aromatic rings. The maximum atomic E-state index is 14.7. The van der Waals surface area contributed by atoms with Gasteiger partial charge in [0.25, 0.3) is 0 Å². The molecule has 1 spiro atoms. The van der Waals surface area contributed by atoms with Crippen molar-refractivity contribution in [2.24, 2.45) is 17.8 Å². The van der Waals surface area contributed by atoms with Gasteiger partial charge in [-0.2, -0.15) is 0 Å². The summed E-state index contributed by atoms with van der Waals surface area (Å²) in [5, 5.41) is 25.1. The molecule has 0 radical (unpaired) electrons. The van der Waals surface area contributed by atoms with E-state index in [0.29, 0.717) is 30.0 Å². The quantitative estimate of drug-likeness (QED) is 0.239. The molecule has 12 heteroatoms. The number of aromatic nitrogens is 3. The predicted molar refractivity (Wildman–Crippen MR) is 174 cm³/mol. The summed E-state index contributed by atoms with van der Waals surface area (Å²) in [6, 6.07) is 22.2. The van der Waals surface area contributed by atoms with Gasteiger partial charge in [-0.3, -0.25) is 14.4 Å². The second-order valence-corrected chi connectivity index (χ2v) is 13.7. The summed E-state index contributed by atoms with van der Waals surface area (Å²) in [6.07, 6.45) is 0.691. The van der Waals surface area contributed by atoms with E-state index in [1.54, 1.807) is 45.6 Å². The highest BCUT2D eigenvalue weighted by molar-refractivity contribution is 8.02. The molecule has 4 heterocycles. The molecule has 2 bridgehead atoms. The fourth-order valence-corrected chi connectivity index (χ4v) is 10.1. The number of rotatable bonds is 10. The highest BCUT2D eigenvalue weighted by Crippen LogP contribution is 2.69. The number of hydrogen-bond donors (Lipinski definition) is 3. The van der Waals surface area contributed by atoms with Gasteiger partial charge in [-0.25, -0.2) is 4.68 Å². The summed E-state index contributed by atoms with van der Waals surface area (Å²) in [5.41, 5.74) is 2.80. The van der Waals surface area contributed by atoms with E-state index in [1.165, 1.54) is 0 Å². The molecule has 3 aliphatic heterocycles. The van der Waals surface area contributed by atoms with E-state index in [9.17, 15) is 19.5 Å². The Balaban J connectivity index is 1.23. The Bertz CT molecular complexity index is 1770. The Kier molecular flexibility index (Phi) is 7.93. The fourth-order valence-electron chi connectivity index (χ4n) is 7.73. The molecule has 3 unspecified atom stereocenters. The summed E-state index contributed by atoms with van der Waals surface area (Å²) in [4.78, 5) is 44.7. The minimum absolute atomic E-state index is 0.0333. The Morgan fingerprint density at radius 3 is 2.54 bits per heavy atom. The normalized spacial score (nSPS) is 27.1. The number of nitrogens with zero attached hydrogens (tertiary/aromatic N) is 4. The molecule has 3 N–H and O–H groups in total. The number of carbonyl (C=O) groups is 3. The minimum atomic E-state index is -0.926. The van der Waals surface area contributed by atoms with Gasteiger partial charge in [-0.05, 0) is 61.2 Å². The number of para-hydroxylation sites is 1. The number of ether oxygens (including phenoxy) is 1. The molecule has 11 nitrogen and oxygen atoms in total. The number of aliphatic hydroxyl groups excluding tert-OH is 1. The molecule has 3 aliphatic rings. The van der Waals surface area contributed by atoms with Gasteiger partial charge in [-0.1, -0.05) is 54.6 Å². The van der Waals surface area contributed by atoms with Gasteiger partial charge in [0.1, 0.15) is 24.0 Å². The van der Waals surface area contributed by atoms with Crippen molar-refractivity contribution in [3.8, 4) is 5.75 Å². The van der Waals surface area contributed by atoms with Crippen LogP contribution in [0, 0.1) is 17.8 Å². The third-order valence-corrected chi connectivity index (χ3v) is 11.8. The monoisotopic (exact) mass is 640 g/mol. The van der Waals surface area contributed by atoms with E-state index in [4.69, 9.17) is 4.74 Å². The maximum absolute atomic E-state index is 14.7. The number of benzene rings is 3. The van der Waals surface area contributed by atoms with E-state index in [-0.39, 0.29) is 42.2 Å². The Morgan fingerprint density at radius 1 is 1.07 bits per heavy atom. The van der Waals surface area contributed by atoms with E-state index in [0.717, 1.165) is 11.1 Å². The van der Waals surface area contributed by atoms with Gasteiger partial charge in [0.2, 0.25) is 17.7 Å². The van der Waals surface area contributed by atoms with Gasteiger partial charge >= 0.3 is 0 Å². The molecule has 7 atom stereocenters. The lowest BCUT2D eigenvalue weighted by atomic mass is 9.66. The van der Waals surface area contributed by atoms with Crippen molar-refractivity contribution in [2.45, 2.75) is 49.0 Å². The smallest absolute Gasteiger partial charge is 0.245 e. The third kappa shape index (κ3) is 4.82. The van der Waals surface area contributed by atoms with Crippen LogP contribution in [0.5, 0.6) is 5.75 Å². The fraction of sp³-hybridized carbons (Fsp3) is 0.382. The van der Waals surface area contributed by atoms with Crippen LogP contribution in [0.4, 0.5) is 5.69 Å². The second-order valence-electron chi connectivity index (χ2n) is 12.1. The van der Waals surface area contributed by atoms with Crippen LogP contribution in [-0.2, 0) is 21.1 Å². The largest absolute Gasteiger partial charge is 0.494 e. The first-order valence-electron chi connectivity index (χ1n) is 15.6. The first kappa shape index (κ1) is 30.2. The number of thioether (sulfide) groups is 1. The lowest BCUT2D eigenvalue weighted by Gasteiger charge is -2.40. The van der Waals surface area contributed by atoms with E-state index < -0.39 is 28.7 Å². The summed E-state index contributed by atoms with van der Waals surface area (Å²) < 4.78 is 6.28. The van der Waals surface area contributed by atoms with Gasteiger partial charge in [0.05, 0.1) is 41.4 Å². The van der Waals surface area contributed by atoms with Crippen molar-refractivity contribution in [3.05, 3.63) is 84.4 Å². The van der Waals surface area contributed by atoms with Crippen LogP contribution in [0.3, 0.4) is 0 Å². The molecular weight excluding hydrogens is 604 g/mol. The zero-order valence-corrected chi connectivity index (χ0v) is 26.4. The van der Waals surface area contributed by atoms with Crippen LogP contribution in [0.25, 0.3) is 11.0 Å². The topological polar surface area (TPSA) is 139 Å². The van der Waals surface area contributed by atoms with Gasteiger partial charge in [0, 0.05) is 10.9 Å². The molecule has 0 aliphatic carbocycles. The van der Waals surface area contributed by atoms with Crippen LogP contribution in [0.15, 0.2) is 78.9 Å². The maximum Gasteiger partial charge on any atom is 0.245 e. The standard InChI is InChI=1S/C34H36N6O5S/c1-3-45-23-15-13-22(14-16-23)36-31(42)28-27-17-20(2)34(46-27)29(28)33(44)40(26(18-41)21-9-5-4-6-10-21)30(34)32(43)35-19-39-25-12-8-7-11-24(25)37-38-39/h4-16,20,26-30,41H,3,17-19H2,1-2H3,(H,35,43)(H,36,42)/t20?,26-,27-,28+,29+,30?,34?/m1/s1. The molecule has 1 aromatic heterocycles. The predicted octanol–water partition coefficient (Wildman–Crippen LogP) is 3.61. The minimum Gasteiger partial charge on any atom is -0.494 e. The molecule has 3 fully saturated rings. The van der Waals surface area contributed by atoms with Gasteiger partial charge in [-0.15, -0.1) is 16.9 Å². The molecular formula is C34H36N6O5S. The number of carbonyl (C=O) groups excluding carboxylic acids is 3. The number of nitrogens with one attached hydrogen (secondary N) is 2. The number of fused-ring (bicyclic) bond motifs is 2. The second kappa shape index (κ2) is 12.1. The van der Waals surface area contributed by atoms with Gasteiger partial charge < -0.3 is 25.4 Å². The average Bonchev–Trinajstić information content (AvgIpc) is 3.79. The number of hydrogen-bond acceptors (Lipinski definition) is 8. The number of aliphatic hydroxyl groups is 1. The Morgan fingerprint density at radius 2 is 1.80 bits per heavy atom. The zero-order valence-electron chi connectivity index (χ0n) is 25.6. The van der Waals surface area contributed by atoms with Gasteiger partial charge in [0.15, 0.2) is 0 Å². The van der Waals surface area contributed by atoms with Crippen molar-refractivity contribution in [1.82, 2.24) is 25.2 Å². The van der Waals surface area contributed by atoms with Crippen molar-refractivity contribution in [3.63, 3.8) is 0 Å². The Hall–Kier alpha value is -4.42. The molecule has 238 valence electrons. The lowest BCUT2D eigenvalue weighted by molar-refractivity contribution is -0.142. The average molecular weight is 641 g/mol. The van der Waals surface area contributed by atoms with Crippen molar-refractivity contribution < 1.29 is 24.2 Å². The first-order chi connectivity index (χ1) is 22.4. The van der Waals surface area contributed by atoms with Crippen LogP contribution in [0.2, 0.25) is 0 Å². The number of amides is 3.